The molecule has 0 spiro atoms. The Morgan fingerprint density at radius 3 is 2.65 bits per heavy atom. The van der Waals surface area contributed by atoms with Crippen LogP contribution in [0.15, 0.2) is 48.7 Å². The monoisotopic (exact) mass is 478 g/mol. The summed E-state index contributed by atoms with van der Waals surface area (Å²) < 4.78 is 5.52. The van der Waals surface area contributed by atoms with Gasteiger partial charge in [-0.1, -0.05) is 29.8 Å². The van der Waals surface area contributed by atoms with Gasteiger partial charge in [-0.3, -0.25) is 4.90 Å². The summed E-state index contributed by atoms with van der Waals surface area (Å²) >= 11 is 6.29. The Morgan fingerprint density at radius 1 is 1.03 bits per heavy atom. The number of halogens is 1. The normalized spacial score (nSPS) is 19.4. The first-order chi connectivity index (χ1) is 16.6. The Hall–Kier alpha value is -2.74. The largest absolute Gasteiger partial charge is 0.379 e. The summed E-state index contributed by atoms with van der Waals surface area (Å²) in [4.78, 5) is 21.7. The first-order valence-electron chi connectivity index (χ1n) is 11.9. The Bertz CT molecular complexity index is 1140. The fraction of sp³-hybridized carbons (Fsp3) is 0.423. The van der Waals surface area contributed by atoms with Crippen LogP contribution in [0.2, 0.25) is 5.02 Å². The average molecular weight is 479 g/mol. The van der Waals surface area contributed by atoms with Crippen LogP contribution in [0.1, 0.15) is 18.2 Å². The van der Waals surface area contributed by atoms with Crippen molar-refractivity contribution in [2.75, 3.05) is 55.7 Å². The summed E-state index contributed by atoms with van der Waals surface area (Å²) in [5.74, 6) is 2.76. The van der Waals surface area contributed by atoms with Gasteiger partial charge >= 0.3 is 0 Å². The van der Waals surface area contributed by atoms with E-state index in [2.05, 4.69) is 45.7 Å². The molecule has 0 amide bonds. The maximum Gasteiger partial charge on any atom is 0.161 e. The highest BCUT2D eigenvalue weighted by Gasteiger charge is 2.27. The highest BCUT2D eigenvalue weighted by molar-refractivity contribution is 6.30. The molecule has 2 fully saturated rings. The van der Waals surface area contributed by atoms with E-state index < -0.39 is 0 Å². The summed E-state index contributed by atoms with van der Waals surface area (Å²) in [7, 11) is 0. The van der Waals surface area contributed by atoms with Crippen LogP contribution < -0.4 is 9.80 Å². The number of anilines is 2. The van der Waals surface area contributed by atoms with Gasteiger partial charge in [0.2, 0.25) is 0 Å². The molecule has 1 atom stereocenters. The van der Waals surface area contributed by atoms with E-state index in [0.29, 0.717) is 5.02 Å². The average Bonchev–Trinajstić information content (AvgIpc) is 2.85. The Labute approximate surface area is 206 Å². The molecule has 4 heterocycles. The third kappa shape index (κ3) is 5.17. The van der Waals surface area contributed by atoms with Crippen molar-refractivity contribution < 1.29 is 4.74 Å². The minimum absolute atomic E-state index is 0.286. The molecular formula is C26H31ClN6O. The Balaban J connectivity index is 1.43. The Kier molecular flexibility index (Phi) is 6.94. The molecule has 2 aliphatic rings. The van der Waals surface area contributed by atoms with Crippen LogP contribution in [0.3, 0.4) is 0 Å². The molecule has 0 bridgehead atoms. The second-order valence-electron chi connectivity index (χ2n) is 9.07. The molecule has 0 N–H and O–H groups in total. The molecular weight excluding hydrogens is 448 g/mol. The van der Waals surface area contributed by atoms with Crippen molar-refractivity contribution in [2.45, 2.75) is 26.4 Å². The zero-order valence-electron chi connectivity index (χ0n) is 19.8. The second kappa shape index (κ2) is 10.3. The molecule has 34 heavy (non-hydrogen) atoms. The van der Waals surface area contributed by atoms with Crippen molar-refractivity contribution in [1.82, 2.24) is 19.9 Å². The number of benzene rings is 1. The predicted molar refractivity (Wildman–Crippen MR) is 137 cm³/mol. The SMILES string of the molecule is Cc1cccnc1N1CCN(c2cc(CN3CCOCC3)nc(-c3cccc(Cl)c3)n2)C(C)C1. The molecule has 1 unspecified atom stereocenters. The van der Waals surface area contributed by atoms with Crippen molar-refractivity contribution in [2.24, 2.45) is 0 Å². The molecule has 8 heteroatoms. The number of pyridine rings is 1. The summed E-state index contributed by atoms with van der Waals surface area (Å²) in [6.45, 7) is 11.2. The zero-order valence-corrected chi connectivity index (χ0v) is 20.6. The van der Waals surface area contributed by atoms with E-state index in [4.69, 9.17) is 26.3 Å². The van der Waals surface area contributed by atoms with Gasteiger partial charge < -0.3 is 14.5 Å². The van der Waals surface area contributed by atoms with Gasteiger partial charge in [-0.05, 0) is 37.6 Å². The first kappa shape index (κ1) is 23.0. The van der Waals surface area contributed by atoms with Crippen LogP contribution in [-0.4, -0.2) is 71.8 Å². The van der Waals surface area contributed by atoms with Crippen molar-refractivity contribution in [3.05, 3.63) is 64.9 Å². The van der Waals surface area contributed by atoms with Gasteiger partial charge in [-0.25, -0.2) is 15.0 Å². The topological polar surface area (TPSA) is 57.6 Å². The van der Waals surface area contributed by atoms with E-state index in [1.54, 1.807) is 0 Å². The number of hydrogen-bond donors (Lipinski definition) is 0. The highest BCUT2D eigenvalue weighted by atomic mass is 35.5. The van der Waals surface area contributed by atoms with Gasteiger partial charge in [-0.15, -0.1) is 0 Å². The summed E-state index contributed by atoms with van der Waals surface area (Å²) in [6, 6.07) is 14.3. The minimum Gasteiger partial charge on any atom is -0.379 e. The summed E-state index contributed by atoms with van der Waals surface area (Å²) in [5.41, 5.74) is 3.17. The minimum atomic E-state index is 0.286. The quantitative estimate of drug-likeness (QED) is 0.548. The standard InChI is InChI=1S/C26H31ClN6O/c1-19-5-4-8-28-26(19)32-9-10-33(20(2)17-32)24-16-23(18-31-11-13-34-14-12-31)29-25(30-24)21-6-3-7-22(27)15-21/h3-8,15-16,20H,9-14,17-18H2,1-2H3. The van der Waals surface area contributed by atoms with Crippen LogP contribution in [-0.2, 0) is 11.3 Å². The summed E-state index contributed by atoms with van der Waals surface area (Å²) in [5, 5.41) is 0.689. The first-order valence-corrected chi connectivity index (χ1v) is 12.3. The molecule has 178 valence electrons. The molecule has 2 aliphatic heterocycles. The maximum atomic E-state index is 6.29. The van der Waals surface area contributed by atoms with E-state index >= 15 is 0 Å². The lowest BCUT2D eigenvalue weighted by Gasteiger charge is -2.41. The molecule has 3 aromatic rings. The van der Waals surface area contributed by atoms with E-state index in [9.17, 15) is 0 Å². The van der Waals surface area contributed by atoms with Crippen LogP contribution in [0.4, 0.5) is 11.6 Å². The molecule has 0 radical (unpaired) electrons. The third-order valence-electron chi connectivity index (χ3n) is 6.54. The van der Waals surface area contributed by atoms with E-state index in [0.717, 1.165) is 81.2 Å². The van der Waals surface area contributed by atoms with E-state index in [1.807, 2.05) is 36.5 Å². The van der Waals surface area contributed by atoms with Gasteiger partial charge in [0.15, 0.2) is 5.82 Å². The van der Waals surface area contributed by atoms with Gasteiger partial charge in [0.1, 0.15) is 11.6 Å². The molecule has 5 rings (SSSR count). The second-order valence-corrected chi connectivity index (χ2v) is 9.51. The predicted octanol–water partition coefficient (Wildman–Crippen LogP) is 4.05. The maximum absolute atomic E-state index is 6.29. The molecule has 0 aliphatic carbocycles. The highest BCUT2D eigenvalue weighted by Crippen LogP contribution is 2.27. The molecule has 1 aromatic carbocycles. The number of ether oxygens (including phenoxy) is 1. The van der Waals surface area contributed by atoms with Gasteiger partial charge in [0.25, 0.3) is 0 Å². The molecule has 0 saturated carbocycles. The van der Waals surface area contributed by atoms with Crippen molar-refractivity contribution in [3.8, 4) is 11.4 Å². The van der Waals surface area contributed by atoms with Gasteiger partial charge in [0, 0.05) is 68.2 Å². The number of aromatic nitrogens is 3. The number of aryl methyl sites for hydroxylation is 1. The number of hydrogen-bond acceptors (Lipinski definition) is 7. The van der Waals surface area contributed by atoms with Crippen molar-refractivity contribution >= 4 is 23.2 Å². The summed E-state index contributed by atoms with van der Waals surface area (Å²) in [6.07, 6.45) is 1.87. The van der Waals surface area contributed by atoms with Crippen molar-refractivity contribution in [3.63, 3.8) is 0 Å². The Morgan fingerprint density at radius 2 is 1.88 bits per heavy atom. The zero-order chi connectivity index (χ0) is 23.5. The smallest absolute Gasteiger partial charge is 0.161 e. The number of nitrogens with zero attached hydrogens (tertiary/aromatic N) is 6. The lowest BCUT2D eigenvalue weighted by atomic mass is 10.1. The van der Waals surface area contributed by atoms with Crippen molar-refractivity contribution in [1.29, 1.82) is 0 Å². The number of morpholine rings is 1. The van der Waals surface area contributed by atoms with Crippen LogP contribution in [0, 0.1) is 6.92 Å². The van der Waals surface area contributed by atoms with Gasteiger partial charge in [0.05, 0.1) is 18.9 Å². The molecule has 2 saturated heterocycles. The molecule has 7 nitrogen and oxygen atoms in total. The van der Waals surface area contributed by atoms with E-state index in [-0.39, 0.29) is 6.04 Å². The number of piperazine rings is 1. The van der Waals surface area contributed by atoms with Gasteiger partial charge in [-0.2, -0.15) is 0 Å². The van der Waals surface area contributed by atoms with Crippen LogP contribution in [0.25, 0.3) is 11.4 Å². The van der Waals surface area contributed by atoms with E-state index in [1.165, 1.54) is 5.56 Å². The lowest BCUT2D eigenvalue weighted by Crippen LogP contribution is -2.53. The lowest BCUT2D eigenvalue weighted by molar-refractivity contribution is 0.0336. The van der Waals surface area contributed by atoms with Crippen LogP contribution >= 0.6 is 11.6 Å². The fourth-order valence-corrected chi connectivity index (χ4v) is 4.95. The fourth-order valence-electron chi connectivity index (χ4n) is 4.76. The number of rotatable bonds is 5. The third-order valence-corrected chi connectivity index (χ3v) is 6.78. The van der Waals surface area contributed by atoms with Crippen LogP contribution in [0.5, 0.6) is 0 Å². The molecule has 2 aromatic heterocycles.